The molecule has 0 spiro atoms. The molecule has 2 aromatic rings. The molecular formula is C11H11BrF3N5. The maximum Gasteiger partial charge on any atom is 0.419 e. The van der Waals surface area contributed by atoms with Crippen LogP contribution in [0.4, 0.5) is 19.0 Å². The van der Waals surface area contributed by atoms with E-state index in [1.54, 1.807) is 0 Å². The first-order valence-electron chi connectivity index (χ1n) is 5.77. The van der Waals surface area contributed by atoms with Gasteiger partial charge in [-0.2, -0.15) is 18.3 Å². The number of aryl methyl sites for hydroxylation is 1. The van der Waals surface area contributed by atoms with Gasteiger partial charge in [0.25, 0.3) is 0 Å². The minimum Gasteiger partial charge on any atom is -0.370 e. The maximum absolute atomic E-state index is 12.8. The predicted octanol–water partition coefficient (Wildman–Crippen LogP) is 3.03. The summed E-state index contributed by atoms with van der Waals surface area (Å²) in [6.07, 6.45) is -0.506. The van der Waals surface area contributed by atoms with Crippen LogP contribution in [0.5, 0.6) is 0 Å². The van der Waals surface area contributed by atoms with Crippen molar-refractivity contribution in [3.8, 4) is 0 Å². The summed E-state index contributed by atoms with van der Waals surface area (Å²) in [6.45, 7) is 0.360. The quantitative estimate of drug-likeness (QED) is 0.814. The number of H-pyrrole nitrogens is 1. The van der Waals surface area contributed by atoms with E-state index in [0.717, 1.165) is 6.07 Å². The van der Waals surface area contributed by atoms with Gasteiger partial charge in [-0.25, -0.2) is 9.97 Å². The molecule has 0 unspecified atom stereocenters. The van der Waals surface area contributed by atoms with Crippen LogP contribution in [0.2, 0.25) is 0 Å². The number of pyridine rings is 1. The highest BCUT2D eigenvalue weighted by Gasteiger charge is 2.34. The molecule has 2 aromatic heterocycles. The van der Waals surface area contributed by atoms with Crippen molar-refractivity contribution in [2.45, 2.75) is 19.0 Å². The van der Waals surface area contributed by atoms with Crippen LogP contribution in [0, 0.1) is 0 Å². The van der Waals surface area contributed by atoms with Crippen molar-refractivity contribution < 1.29 is 13.2 Å². The molecule has 0 aromatic carbocycles. The predicted molar refractivity (Wildman–Crippen MR) is 70.1 cm³/mol. The Labute approximate surface area is 121 Å². The van der Waals surface area contributed by atoms with E-state index >= 15 is 0 Å². The van der Waals surface area contributed by atoms with E-state index in [2.05, 4.69) is 41.4 Å². The molecular weight excluding hydrogens is 339 g/mol. The van der Waals surface area contributed by atoms with Crippen LogP contribution < -0.4 is 5.32 Å². The highest BCUT2D eigenvalue weighted by molar-refractivity contribution is 9.10. The van der Waals surface area contributed by atoms with E-state index in [-0.39, 0.29) is 10.3 Å². The van der Waals surface area contributed by atoms with Crippen LogP contribution in [-0.2, 0) is 12.6 Å². The summed E-state index contributed by atoms with van der Waals surface area (Å²) >= 11 is 2.99. The Hall–Kier alpha value is -1.64. The molecule has 0 amide bonds. The van der Waals surface area contributed by atoms with E-state index in [0.29, 0.717) is 25.2 Å². The highest BCUT2D eigenvalue weighted by Crippen LogP contribution is 2.35. The Balaban J connectivity index is 1.95. The lowest BCUT2D eigenvalue weighted by molar-refractivity contribution is -0.137. The summed E-state index contributed by atoms with van der Waals surface area (Å²) in [6, 6.07) is 1.01. The SMILES string of the molecule is FC(F)(F)c1cc(Br)cnc1NCCCc1ncn[nH]1. The molecule has 0 fully saturated rings. The third-order valence-electron chi connectivity index (χ3n) is 2.51. The summed E-state index contributed by atoms with van der Waals surface area (Å²) in [5, 5.41) is 9.08. The Kier molecular flexibility index (Phi) is 4.58. The molecule has 9 heteroatoms. The third kappa shape index (κ3) is 3.92. The average molecular weight is 350 g/mol. The molecule has 0 aliphatic heterocycles. The van der Waals surface area contributed by atoms with Gasteiger partial charge in [0, 0.05) is 23.6 Å². The summed E-state index contributed by atoms with van der Waals surface area (Å²) in [4.78, 5) is 7.70. The monoisotopic (exact) mass is 349 g/mol. The molecule has 2 heterocycles. The van der Waals surface area contributed by atoms with E-state index in [1.165, 1.54) is 12.5 Å². The molecule has 2 N–H and O–H groups in total. The van der Waals surface area contributed by atoms with E-state index in [4.69, 9.17) is 0 Å². The van der Waals surface area contributed by atoms with Crippen LogP contribution in [0.15, 0.2) is 23.1 Å². The minimum atomic E-state index is -4.44. The van der Waals surface area contributed by atoms with Crippen molar-refractivity contribution in [2.75, 3.05) is 11.9 Å². The van der Waals surface area contributed by atoms with E-state index in [1.807, 2.05) is 0 Å². The summed E-state index contributed by atoms with van der Waals surface area (Å²) in [5.41, 5.74) is -0.786. The zero-order valence-corrected chi connectivity index (χ0v) is 11.8. The number of hydrogen-bond donors (Lipinski definition) is 2. The van der Waals surface area contributed by atoms with Crippen molar-refractivity contribution in [1.82, 2.24) is 20.2 Å². The van der Waals surface area contributed by atoms with Crippen LogP contribution >= 0.6 is 15.9 Å². The second-order valence-corrected chi connectivity index (χ2v) is 4.93. The number of hydrogen-bond acceptors (Lipinski definition) is 4. The fraction of sp³-hybridized carbons (Fsp3) is 0.364. The van der Waals surface area contributed by atoms with Crippen molar-refractivity contribution in [1.29, 1.82) is 0 Å². The molecule has 108 valence electrons. The van der Waals surface area contributed by atoms with Gasteiger partial charge in [0.05, 0.1) is 5.56 Å². The first-order valence-corrected chi connectivity index (χ1v) is 6.57. The van der Waals surface area contributed by atoms with Crippen LogP contribution in [0.3, 0.4) is 0 Å². The summed E-state index contributed by atoms with van der Waals surface area (Å²) < 4.78 is 38.8. The van der Waals surface area contributed by atoms with Gasteiger partial charge in [0.15, 0.2) is 0 Å². The maximum atomic E-state index is 12.8. The Morgan fingerprint density at radius 1 is 1.30 bits per heavy atom. The van der Waals surface area contributed by atoms with Crippen molar-refractivity contribution in [3.05, 3.63) is 34.5 Å². The first-order chi connectivity index (χ1) is 9.47. The Morgan fingerprint density at radius 2 is 2.10 bits per heavy atom. The molecule has 0 aliphatic rings. The number of rotatable bonds is 5. The Morgan fingerprint density at radius 3 is 2.75 bits per heavy atom. The topological polar surface area (TPSA) is 66.5 Å². The van der Waals surface area contributed by atoms with E-state index in [9.17, 15) is 13.2 Å². The lowest BCUT2D eigenvalue weighted by atomic mass is 10.2. The van der Waals surface area contributed by atoms with Gasteiger partial charge in [-0.1, -0.05) is 0 Å². The van der Waals surface area contributed by atoms with Gasteiger partial charge in [0.1, 0.15) is 18.0 Å². The third-order valence-corrected chi connectivity index (χ3v) is 2.94. The molecule has 0 saturated carbocycles. The van der Waals surface area contributed by atoms with Crippen LogP contribution in [0.25, 0.3) is 0 Å². The lowest BCUT2D eigenvalue weighted by Gasteiger charge is -2.13. The molecule has 5 nitrogen and oxygen atoms in total. The summed E-state index contributed by atoms with van der Waals surface area (Å²) in [7, 11) is 0. The molecule has 2 rings (SSSR count). The average Bonchev–Trinajstić information content (AvgIpc) is 2.88. The molecule has 20 heavy (non-hydrogen) atoms. The second kappa shape index (κ2) is 6.21. The number of anilines is 1. The molecule has 0 radical (unpaired) electrons. The van der Waals surface area contributed by atoms with Gasteiger partial charge < -0.3 is 5.32 Å². The number of aromatic amines is 1. The fourth-order valence-electron chi connectivity index (χ4n) is 1.61. The molecule has 0 bridgehead atoms. The van der Waals surface area contributed by atoms with Crippen LogP contribution in [0.1, 0.15) is 17.8 Å². The van der Waals surface area contributed by atoms with Crippen molar-refractivity contribution >= 4 is 21.7 Å². The normalized spacial score (nSPS) is 11.6. The van der Waals surface area contributed by atoms with E-state index < -0.39 is 11.7 Å². The first kappa shape index (κ1) is 14.8. The minimum absolute atomic E-state index is 0.168. The smallest absolute Gasteiger partial charge is 0.370 e. The zero-order chi connectivity index (χ0) is 14.6. The van der Waals surface area contributed by atoms with Gasteiger partial charge >= 0.3 is 6.18 Å². The van der Waals surface area contributed by atoms with Crippen LogP contribution in [-0.4, -0.2) is 26.7 Å². The lowest BCUT2D eigenvalue weighted by Crippen LogP contribution is -2.13. The Bertz CT molecular complexity index is 556. The number of aromatic nitrogens is 4. The highest BCUT2D eigenvalue weighted by atomic mass is 79.9. The molecule has 0 aliphatic carbocycles. The summed E-state index contributed by atoms with van der Waals surface area (Å²) in [5.74, 6) is 0.532. The number of alkyl halides is 3. The van der Waals surface area contributed by atoms with Gasteiger partial charge in [-0.3, -0.25) is 5.10 Å². The van der Waals surface area contributed by atoms with Gasteiger partial charge in [0.2, 0.25) is 0 Å². The largest absolute Gasteiger partial charge is 0.419 e. The fourth-order valence-corrected chi connectivity index (χ4v) is 1.94. The van der Waals surface area contributed by atoms with Gasteiger partial charge in [-0.15, -0.1) is 0 Å². The number of nitrogens with one attached hydrogen (secondary N) is 2. The zero-order valence-electron chi connectivity index (χ0n) is 10.2. The standard InChI is InChI=1S/C11H11BrF3N5/c12-7-4-8(11(13,14)15)10(17-5-7)16-3-1-2-9-18-6-19-20-9/h4-6H,1-3H2,(H,16,17)(H,18,19,20). The molecule has 0 saturated heterocycles. The second-order valence-electron chi connectivity index (χ2n) is 4.01. The van der Waals surface area contributed by atoms with Crippen molar-refractivity contribution in [2.24, 2.45) is 0 Å². The molecule has 0 atom stereocenters. The van der Waals surface area contributed by atoms with Crippen molar-refractivity contribution in [3.63, 3.8) is 0 Å². The number of nitrogens with zero attached hydrogens (tertiary/aromatic N) is 3. The van der Waals surface area contributed by atoms with Gasteiger partial charge in [-0.05, 0) is 28.4 Å². The number of halogens is 4.